The number of carbonyl (C=O) groups is 1. The summed E-state index contributed by atoms with van der Waals surface area (Å²) in [5.74, 6) is -0.0675. The number of aromatic nitrogens is 2. The van der Waals surface area contributed by atoms with Crippen molar-refractivity contribution in [3.05, 3.63) is 76.8 Å². The minimum atomic E-state index is -0.323. The molecule has 0 radical (unpaired) electrons. The Bertz CT molecular complexity index is 1270. The second-order valence-corrected chi connectivity index (χ2v) is 7.91. The van der Waals surface area contributed by atoms with Gasteiger partial charge >= 0.3 is 0 Å². The topological polar surface area (TPSA) is 71.6 Å². The lowest BCUT2D eigenvalue weighted by atomic mass is 10.1. The molecule has 31 heavy (non-hydrogen) atoms. The Kier molecular flexibility index (Phi) is 5.26. The molecule has 0 spiro atoms. The highest BCUT2D eigenvalue weighted by Crippen LogP contribution is 2.24. The van der Waals surface area contributed by atoms with E-state index in [1.54, 1.807) is 0 Å². The van der Waals surface area contributed by atoms with Gasteiger partial charge in [0.15, 0.2) is 0 Å². The molecule has 0 saturated carbocycles. The normalized spacial score (nSPS) is 15.0. The van der Waals surface area contributed by atoms with E-state index in [-0.39, 0.29) is 23.6 Å². The third kappa shape index (κ3) is 3.96. The number of furan rings is 1. The number of rotatable bonds is 5. The lowest BCUT2D eigenvalue weighted by molar-refractivity contribution is -0.133. The molecule has 4 aromatic rings. The van der Waals surface area contributed by atoms with Crippen molar-refractivity contribution >= 4 is 28.0 Å². The molecular weight excluding hydrogens is 392 g/mol. The molecule has 1 fully saturated rings. The average molecular weight is 416 g/mol. The van der Waals surface area contributed by atoms with Crippen LogP contribution in [0.2, 0.25) is 0 Å². The van der Waals surface area contributed by atoms with E-state index in [1.807, 2.05) is 35.2 Å². The highest BCUT2D eigenvalue weighted by atomic mass is 16.3. The van der Waals surface area contributed by atoms with Gasteiger partial charge in [-0.1, -0.05) is 42.5 Å². The van der Waals surface area contributed by atoms with Gasteiger partial charge in [-0.25, -0.2) is 4.98 Å². The number of amides is 1. The van der Waals surface area contributed by atoms with Crippen LogP contribution in [0.1, 0.15) is 5.56 Å². The van der Waals surface area contributed by atoms with E-state index in [0.717, 1.165) is 31.4 Å². The molecule has 0 atom stereocenters. The standard InChI is InChI=1S/C24H24N4O3/c29-21(27-14-12-26(13-15-27)11-10-18-6-2-1-3-7-18)16-28-17-25-22-19-8-4-5-9-20(19)31-23(22)24(28)30/h1-9,17H,10-16H2. The summed E-state index contributed by atoms with van der Waals surface area (Å²) in [5, 5.41) is 0.805. The predicted octanol–water partition coefficient (Wildman–Crippen LogP) is 2.53. The predicted molar refractivity (Wildman–Crippen MR) is 119 cm³/mol. The number of para-hydroxylation sites is 1. The van der Waals surface area contributed by atoms with E-state index in [0.29, 0.717) is 24.2 Å². The zero-order chi connectivity index (χ0) is 21.2. The van der Waals surface area contributed by atoms with Crippen LogP contribution in [0, 0.1) is 0 Å². The number of nitrogens with zero attached hydrogens (tertiary/aromatic N) is 4. The van der Waals surface area contributed by atoms with Gasteiger partial charge in [0.1, 0.15) is 17.6 Å². The highest BCUT2D eigenvalue weighted by Gasteiger charge is 2.22. The molecule has 7 nitrogen and oxygen atoms in total. The number of hydrogen-bond donors (Lipinski definition) is 0. The van der Waals surface area contributed by atoms with Crippen molar-refractivity contribution in [2.75, 3.05) is 32.7 Å². The van der Waals surface area contributed by atoms with Gasteiger partial charge in [0.25, 0.3) is 5.56 Å². The first-order valence-electron chi connectivity index (χ1n) is 10.6. The van der Waals surface area contributed by atoms with Crippen molar-refractivity contribution in [2.45, 2.75) is 13.0 Å². The van der Waals surface area contributed by atoms with Gasteiger partial charge in [0.2, 0.25) is 11.5 Å². The zero-order valence-electron chi connectivity index (χ0n) is 17.2. The van der Waals surface area contributed by atoms with Crippen molar-refractivity contribution in [1.82, 2.24) is 19.4 Å². The quantitative estimate of drug-likeness (QED) is 0.500. The summed E-state index contributed by atoms with van der Waals surface area (Å²) in [6.07, 6.45) is 2.45. The van der Waals surface area contributed by atoms with E-state index in [4.69, 9.17) is 4.42 Å². The van der Waals surface area contributed by atoms with E-state index in [2.05, 4.69) is 34.1 Å². The molecule has 3 heterocycles. The Balaban J connectivity index is 1.22. The largest absolute Gasteiger partial charge is 0.448 e. The second-order valence-electron chi connectivity index (χ2n) is 7.91. The van der Waals surface area contributed by atoms with Crippen LogP contribution >= 0.6 is 0 Å². The Morgan fingerprint density at radius 2 is 1.71 bits per heavy atom. The summed E-state index contributed by atoms with van der Waals surface area (Å²) in [6.45, 7) is 3.98. The number of hydrogen-bond acceptors (Lipinski definition) is 5. The molecule has 0 aliphatic carbocycles. The van der Waals surface area contributed by atoms with Gasteiger partial charge < -0.3 is 9.32 Å². The first kappa shape index (κ1) is 19.5. The van der Waals surface area contributed by atoms with E-state index < -0.39 is 0 Å². The van der Waals surface area contributed by atoms with E-state index in [1.165, 1.54) is 16.5 Å². The van der Waals surface area contributed by atoms with Crippen LogP contribution in [0.5, 0.6) is 0 Å². The van der Waals surface area contributed by atoms with Crippen LogP contribution in [0.4, 0.5) is 0 Å². The number of benzene rings is 2. The average Bonchev–Trinajstić information content (AvgIpc) is 3.20. The maximum Gasteiger partial charge on any atom is 0.297 e. The molecular formula is C24H24N4O3. The molecule has 2 aromatic carbocycles. The molecule has 1 amide bonds. The molecule has 1 aliphatic rings. The number of carbonyl (C=O) groups excluding carboxylic acids is 1. The summed E-state index contributed by atoms with van der Waals surface area (Å²) < 4.78 is 7.04. The van der Waals surface area contributed by atoms with Crippen LogP contribution in [-0.2, 0) is 17.8 Å². The molecule has 0 bridgehead atoms. The Labute approximate surface area is 179 Å². The SMILES string of the molecule is O=C(Cn1cnc2c(oc3ccccc32)c1=O)N1CCN(CCc2ccccc2)CC1. The van der Waals surface area contributed by atoms with E-state index >= 15 is 0 Å². The molecule has 1 aliphatic heterocycles. The fraction of sp³-hybridized carbons (Fsp3) is 0.292. The molecule has 0 unspecified atom stereocenters. The van der Waals surface area contributed by atoms with Crippen molar-refractivity contribution in [2.24, 2.45) is 0 Å². The number of piperazine rings is 1. The van der Waals surface area contributed by atoms with Gasteiger partial charge in [0.05, 0.1) is 6.33 Å². The summed E-state index contributed by atoms with van der Waals surface area (Å²) in [7, 11) is 0. The third-order valence-electron chi connectivity index (χ3n) is 5.94. The fourth-order valence-electron chi connectivity index (χ4n) is 4.13. The monoisotopic (exact) mass is 416 g/mol. The third-order valence-corrected chi connectivity index (χ3v) is 5.94. The smallest absolute Gasteiger partial charge is 0.297 e. The Morgan fingerprint density at radius 3 is 2.52 bits per heavy atom. The van der Waals surface area contributed by atoms with Crippen molar-refractivity contribution < 1.29 is 9.21 Å². The number of fused-ring (bicyclic) bond motifs is 3. The van der Waals surface area contributed by atoms with Crippen LogP contribution in [0.3, 0.4) is 0 Å². The van der Waals surface area contributed by atoms with Gasteiger partial charge in [-0.15, -0.1) is 0 Å². The second kappa shape index (κ2) is 8.35. The van der Waals surface area contributed by atoms with E-state index in [9.17, 15) is 9.59 Å². The van der Waals surface area contributed by atoms with Crippen LogP contribution in [0.15, 0.2) is 70.1 Å². The Hall–Kier alpha value is -3.45. The molecule has 7 heteroatoms. The first-order chi connectivity index (χ1) is 15.2. The fourth-order valence-corrected chi connectivity index (χ4v) is 4.13. The summed E-state index contributed by atoms with van der Waals surface area (Å²) in [5.41, 5.74) is 2.36. The van der Waals surface area contributed by atoms with Crippen LogP contribution in [0.25, 0.3) is 22.1 Å². The molecule has 158 valence electrons. The molecule has 2 aromatic heterocycles. The Morgan fingerprint density at radius 1 is 0.968 bits per heavy atom. The summed E-state index contributed by atoms with van der Waals surface area (Å²) >= 11 is 0. The van der Waals surface area contributed by atoms with Crippen molar-refractivity contribution in [3.8, 4) is 0 Å². The summed E-state index contributed by atoms with van der Waals surface area (Å²) in [4.78, 5) is 34.2. The minimum Gasteiger partial charge on any atom is -0.448 e. The maximum absolute atomic E-state index is 12.8. The van der Waals surface area contributed by atoms with Gasteiger partial charge in [-0.3, -0.25) is 19.1 Å². The van der Waals surface area contributed by atoms with Crippen LogP contribution in [-0.4, -0.2) is 58.0 Å². The lowest BCUT2D eigenvalue weighted by Gasteiger charge is -2.34. The van der Waals surface area contributed by atoms with Gasteiger partial charge in [-0.05, 0) is 24.1 Å². The molecule has 5 rings (SSSR count). The van der Waals surface area contributed by atoms with Gasteiger partial charge in [0, 0.05) is 38.1 Å². The maximum atomic E-state index is 12.8. The van der Waals surface area contributed by atoms with Crippen molar-refractivity contribution in [1.29, 1.82) is 0 Å². The minimum absolute atomic E-state index is 0.0250. The summed E-state index contributed by atoms with van der Waals surface area (Å²) in [6, 6.07) is 17.9. The molecule has 1 saturated heterocycles. The highest BCUT2D eigenvalue weighted by molar-refractivity contribution is 6.01. The lowest BCUT2D eigenvalue weighted by Crippen LogP contribution is -2.50. The van der Waals surface area contributed by atoms with Gasteiger partial charge in [-0.2, -0.15) is 0 Å². The van der Waals surface area contributed by atoms with Crippen molar-refractivity contribution in [3.63, 3.8) is 0 Å². The molecule has 0 N–H and O–H groups in total. The zero-order valence-corrected chi connectivity index (χ0v) is 17.2. The van der Waals surface area contributed by atoms with Crippen LogP contribution < -0.4 is 5.56 Å². The first-order valence-corrected chi connectivity index (χ1v) is 10.6.